The Hall–Kier alpha value is -2.30. The molecule has 7 rings (SSSR count). The van der Waals surface area contributed by atoms with E-state index < -0.39 is 24.5 Å². The number of hydrogen-bond donors (Lipinski definition) is 4. The van der Waals surface area contributed by atoms with Gasteiger partial charge < -0.3 is 26.0 Å². The van der Waals surface area contributed by atoms with Crippen molar-refractivity contribution in [1.29, 1.82) is 0 Å². The van der Waals surface area contributed by atoms with Crippen LogP contribution in [0.5, 0.6) is 0 Å². The minimum Gasteiger partial charge on any atom is -0.387 e. The van der Waals surface area contributed by atoms with Crippen LogP contribution in [0.15, 0.2) is 12.7 Å². The van der Waals surface area contributed by atoms with Crippen molar-refractivity contribution in [3.05, 3.63) is 12.7 Å². The molecule has 5 fully saturated rings. The molecule has 1 aliphatic heterocycles. The number of nitrogens with one attached hydrogen (secondary N) is 1. The van der Waals surface area contributed by atoms with Crippen molar-refractivity contribution in [3.63, 3.8) is 0 Å². The first-order valence-electron chi connectivity index (χ1n) is 11.2. The van der Waals surface area contributed by atoms with E-state index >= 15 is 0 Å². The molecule has 2 aromatic rings. The third kappa shape index (κ3) is 2.95. The summed E-state index contributed by atoms with van der Waals surface area (Å²) in [5.41, 5.74) is 6.40. The molecule has 5 aliphatic rings. The fraction of sp³-hybridized carbons (Fsp3) is 0.714. The molecule has 0 spiro atoms. The van der Waals surface area contributed by atoms with Crippen molar-refractivity contribution in [1.82, 2.24) is 24.8 Å². The summed E-state index contributed by atoms with van der Waals surface area (Å²) < 4.78 is 7.50. The van der Waals surface area contributed by atoms with Gasteiger partial charge in [0, 0.05) is 12.0 Å². The maximum Gasteiger partial charge on any atom is 0.226 e. The summed E-state index contributed by atoms with van der Waals surface area (Å²) in [5.74, 6) is 2.35. The highest BCUT2D eigenvalue weighted by atomic mass is 16.6. The smallest absolute Gasteiger partial charge is 0.226 e. The molecule has 5 N–H and O–H groups in total. The van der Waals surface area contributed by atoms with Gasteiger partial charge in [0.1, 0.15) is 30.2 Å². The first kappa shape index (κ1) is 19.4. The van der Waals surface area contributed by atoms with Gasteiger partial charge >= 0.3 is 0 Å². The number of nitrogen functional groups attached to an aromatic ring is 1. The predicted molar refractivity (Wildman–Crippen MR) is 109 cm³/mol. The molecule has 31 heavy (non-hydrogen) atoms. The van der Waals surface area contributed by atoms with Crippen LogP contribution in [0.25, 0.3) is 11.2 Å². The number of ether oxygens (including phenoxy) is 1. The number of rotatable bonds is 4. The van der Waals surface area contributed by atoms with E-state index in [2.05, 4.69) is 20.3 Å². The fourth-order valence-corrected chi connectivity index (χ4v) is 6.95. The number of anilines is 1. The molecule has 10 nitrogen and oxygen atoms in total. The van der Waals surface area contributed by atoms with Gasteiger partial charge in [-0.15, -0.1) is 0 Å². The normalized spacial score (nSPS) is 41.2. The number of nitrogens with zero attached hydrogens (tertiary/aromatic N) is 4. The van der Waals surface area contributed by atoms with Gasteiger partial charge in [-0.05, 0) is 56.3 Å². The van der Waals surface area contributed by atoms with Gasteiger partial charge in [0.15, 0.2) is 17.7 Å². The number of aromatic nitrogens is 4. The van der Waals surface area contributed by atoms with Crippen LogP contribution in [0.2, 0.25) is 0 Å². The summed E-state index contributed by atoms with van der Waals surface area (Å²) in [4.78, 5) is 25.5. The number of nitrogens with two attached hydrogens (primary N) is 1. The fourth-order valence-electron chi connectivity index (χ4n) is 6.95. The molecule has 4 bridgehead atoms. The van der Waals surface area contributed by atoms with Gasteiger partial charge in [-0.2, -0.15) is 0 Å². The number of imidazole rings is 1. The zero-order chi connectivity index (χ0) is 21.3. The molecule has 4 unspecified atom stereocenters. The molecule has 4 saturated carbocycles. The monoisotopic (exact) mass is 428 g/mol. The van der Waals surface area contributed by atoms with Crippen LogP contribution in [0, 0.1) is 23.2 Å². The maximum atomic E-state index is 13.2. The zero-order valence-corrected chi connectivity index (χ0v) is 17.2. The Morgan fingerprint density at radius 2 is 1.81 bits per heavy atom. The second-order valence-corrected chi connectivity index (χ2v) is 10.0. The number of amides is 1. The lowest BCUT2D eigenvalue weighted by atomic mass is 9.49. The molecular formula is C21H28N6O4. The third-order valence-electron chi connectivity index (χ3n) is 7.98. The number of aliphatic hydroxyl groups excluding tert-OH is 2. The topological polar surface area (TPSA) is 148 Å². The summed E-state index contributed by atoms with van der Waals surface area (Å²) in [5, 5.41) is 24.2. The Kier molecular flexibility index (Phi) is 4.28. The first-order valence-corrected chi connectivity index (χ1v) is 11.2. The Bertz CT molecular complexity index is 989. The number of carbonyl (C=O) groups is 1. The summed E-state index contributed by atoms with van der Waals surface area (Å²) in [6.07, 6.45) is 5.61. The summed E-state index contributed by atoms with van der Waals surface area (Å²) >= 11 is 0. The van der Waals surface area contributed by atoms with Crippen molar-refractivity contribution in [2.24, 2.45) is 23.2 Å². The summed E-state index contributed by atoms with van der Waals surface area (Å²) in [6, 6.07) is 0. The molecular weight excluding hydrogens is 400 g/mol. The lowest BCUT2D eigenvalue weighted by Crippen LogP contribution is -2.54. The summed E-state index contributed by atoms with van der Waals surface area (Å²) in [7, 11) is 0. The third-order valence-corrected chi connectivity index (χ3v) is 7.98. The van der Waals surface area contributed by atoms with Gasteiger partial charge in [0.05, 0.1) is 6.33 Å². The van der Waals surface area contributed by atoms with Crippen molar-refractivity contribution in [3.8, 4) is 0 Å². The lowest BCUT2D eigenvalue weighted by molar-refractivity contribution is -0.147. The standard InChI is InChI=1S/C21H28N6O4/c22-17-14-18(25-8-24-17)27(9-26-14)19-16(29)15(28)13(31-19)7-23-20(30)21-4-10-1-11(5-21)3-12(2-10)6-21/h8-13,15-16,19,28-29H,1-7H2,(H,23,30)(H2,22,24,25). The van der Waals surface area contributed by atoms with Gasteiger partial charge in [-0.3, -0.25) is 9.36 Å². The Labute approximate surface area is 179 Å². The Morgan fingerprint density at radius 1 is 1.13 bits per heavy atom. The van der Waals surface area contributed by atoms with Gasteiger partial charge in [0.25, 0.3) is 0 Å². The average molecular weight is 428 g/mol. The van der Waals surface area contributed by atoms with E-state index in [0.717, 1.165) is 19.3 Å². The van der Waals surface area contributed by atoms with E-state index in [4.69, 9.17) is 10.5 Å². The predicted octanol–water partition coefficient (Wildman–Crippen LogP) is 0.360. The van der Waals surface area contributed by atoms with Crippen molar-refractivity contribution in [2.75, 3.05) is 12.3 Å². The van der Waals surface area contributed by atoms with E-state index in [1.807, 2.05) is 0 Å². The molecule has 4 atom stereocenters. The quantitative estimate of drug-likeness (QED) is 0.545. The molecule has 0 radical (unpaired) electrons. The molecule has 166 valence electrons. The van der Waals surface area contributed by atoms with Crippen molar-refractivity contribution >= 4 is 22.9 Å². The molecule has 0 aromatic carbocycles. The molecule has 2 aromatic heterocycles. The molecule has 1 amide bonds. The van der Waals surface area contributed by atoms with Crippen molar-refractivity contribution in [2.45, 2.75) is 63.1 Å². The largest absolute Gasteiger partial charge is 0.387 e. The maximum absolute atomic E-state index is 13.2. The van der Waals surface area contributed by atoms with E-state index in [1.165, 1.54) is 31.9 Å². The SMILES string of the molecule is Nc1ncnc2c1ncn2C1OC(CNC(=O)C23CC4CC(CC(C4)C2)C3)C(O)C1O. The number of fused-ring (bicyclic) bond motifs is 1. The van der Waals surface area contributed by atoms with E-state index in [0.29, 0.717) is 28.9 Å². The highest BCUT2D eigenvalue weighted by Gasteiger charge is 2.55. The van der Waals surface area contributed by atoms with Crippen LogP contribution >= 0.6 is 0 Å². The molecule has 4 aliphatic carbocycles. The van der Waals surface area contributed by atoms with Gasteiger partial charge in [-0.1, -0.05) is 0 Å². The Morgan fingerprint density at radius 3 is 2.48 bits per heavy atom. The highest BCUT2D eigenvalue weighted by Crippen LogP contribution is 2.60. The highest BCUT2D eigenvalue weighted by molar-refractivity contribution is 5.83. The van der Waals surface area contributed by atoms with Crippen LogP contribution in [0.3, 0.4) is 0 Å². The molecule has 1 saturated heterocycles. The zero-order valence-electron chi connectivity index (χ0n) is 17.2. The minimum atomic E-state index is -1.19. The van der Waals surface area contributed by atoms with Gasteiger partial charge in [-0.25, -0.2) is 15.0 Å². The van der Waals surface area contributed by atoms with Crippen LogP contribution in [0.1, 0.15) is 44.8 Å². The van der Waals surface area contributed by atoms with E-state index in [-0.39, 0.29) is 23.7 Å². The molecule has 10 heteroatoms. The number of aliphatic hydroxyl groups is 2. The van der Waals surface area contributed by atoms with Crippen LogP contribution in [-0.2, 0) is 9.53 Å². The van der Waals surface area contributed by atoms with Crippen LogP contribution in [0.4, 0.5) is 5.82 Å². The first-order chi connectivity index (χ1) is 14.9. The second-order valence-electron chi connectivity index (χ2n) is 10.0. The van der Waals surface area contributed by atoms with E-state index in [9.17, 15) is 15.0 Å². The lowest BCUT2D eigenvalue weighted by Gasteiger charge is -2.55. The molecule has 3 heterocycles. The van der Waals surface area contributed by atoms with Gasteiger partial charge in [0.2, 0.25) is 5.91 Å². The number of hydrogen-bond acceptors (Lipinski definition) is 8. The minimum absolute atomic E-state index is 0.0777. The van der Waals surface area contributed by atoms with Crippen LogP contribution in [-0.4, -0.2) is 60.5 Å². The van der Waals surface area contributed by atoms with Crippen LogP contribution < -0.4 is 11.1 Å². The second kappa shape index (κ2) is 6.85. The van der Waals surface area contributed by atoms with E-state index in [1.54, 1.807) is 4.57 Å². The van der Waals surface area contributed by atoms with Crippen molar-refractivity contribution < 1.29 is 19.7 Å². The Balaban J connectivity index is 1.16. The number of carbonyl (C=O) groups excluding carboxylic acids is 1. The summed E-state index contributed by atoms with van der Waals surface area (Å²) in [6.45, 7) is 0.152. The average Bonchev–Trinajstić information content (AvgIpc) is 3.28.